The summed E-state index contributed by atoms with van der Waals surface area (Å²) in [5.74, 6) is 1.11. The Kier molecular flexibility index (Phi) is 4.45. The van der Waals surface area contributed by atoms with E-state index in [1.165, 1.54) is 18.3 Å². The van der Waals surface area contributed by atoms with Gasteiger partial charge in [0.1, 0.15) is 17.2 Å². The molecule has 0 unspecified atom stereocenters. The summed E-state index contributed by atoms with van der Waals surface area (Å²) in [4.78, 5) is 17.8. The lowest BCUT2D eigenvalue weighted by Gasteiger charge is -2.08. The van der Waals surface area contributed by atoms with Gasteiger partial charge in [-0.2, -0.15) is 0 Å². The molecule has 108 valence electrons. The van der Waals surface area contributed by atoms with Gasteiger partial charge >= 0.3 is 5.82 Å². The van der Waals surface area contributed by atoms with Crippen LogP contribution in [0.3, 0.4) is 0 Å². The first-order valence-electron chi connectivity index (χ1n) is 6.16. The normalized spacial score (nSPS) is 9.95. The molecule has 0 bridgehead atoms. The maximum absolute atomic E-state index is 10.5. The number of nitrogens with zero attached hydrogens (tertiary/aromatic N) is 3. The van der Waals surface area contributed by atoms with Gasteiger partial charge < -0.3 is 19.6 Å². The Hall–Kier alpha value is -2.96. The Balaban J connectivity index is 2.14. The SMILES string of the molecule is C=C(OCC)c1cc(Oc2ccc([N+](=O)[O-])nc2)ccn1. The lowest BCUT2D eigenvalue weighted by atomic mass is 10.3. The van der Waals surface area contributed by atoms with Crippen molar-refractivity contribution in [2.75, 3.05) is 6.61 Å². The van der Waals surface area contributed by atoms with E-state index < -0.39 is 4.92 Å². The van der Waals surface area contributed by atoms with E-state index in [9.17, 15) is 10.1 Å². The molecule has 0 N–H and O–H groups in total. The number of rotatable bonds is 6. The molecule has 0 aliphatic heterocycles. The van der Waals surface area contributed by atoms with Gasteiger partial charge in [0.05, 0.1) is 6.61 Å². The molecule has 0 amide bonds. The van der Waals surface area contributed by atoms with Crippen LogP contribution in [-0.4, -0.2) is 21.5 Å². The first kappa shape index (κ1) is 14.4. The fourth-order valence-electron chi connectivity index (χ4n) is 1.55. The summed E-state index contributed by atoms with van der Waals surface area (Å²) in [5, 5.41) is 10.5. The van der Waals surface area contributed by atoms with Crippen LogP contribution in [-0.2, 0) is 4.74 Å². The van der Waals surface area contributed by atoms with Crippen molar-refractivity contribution in [1.29, 1.82) is 0 Å². The van der Waals surface area contributed by atoms with Crippen molar-refractivity contribution < 1.29 is 14.4 Å². The van der Waals surface area contributed by atoms with E-state index in [2.05, 4.69) is 16.5 Å². The van der Waals surface area contributed by atoms with Crippen molar-refractivity contribution in [2.45, 2.75) is 6.92 Å². The number of pyridine rings is 2. The summed E-state index contributed by atoms with van der Waals surface area (Å²) in [5.41, 5.74) is 0.559. The van der Waals surface area contributed by atoms with Gasteiger partial charge in [-0.3, -0.25) is 4.98 Å². The first-order chi connectivity index (χ1) is 10.1. The minimum Gasteiger partial charge on any atom is -0.492 e. The Morgan fingerprint density at radius 3 is 2.76 bits per heavy atom. The predicted octanol–water partition coefficient (Wildman–Crippen LogP) is 3.18. The second-order valence-corrected chi connectivity index (χ2v) is 3.94. The van der Waals surface area contributed by atoms with Crippen LogP contribution in [0.4, 0.5) is 5.82 Å². The van der Waals surface area contributed by atoms with E-state index in [4.69, 9.17) is 9.47 Å². The second kappa shape index (κ2) is 6.47. The molecule has 0 saturated heterocycles. The predicted molar refractivity (Wildman–Crippen MR) is 75.9 cm³/mol. The molecule has 0 fully saturated rings. The van der Waals surface area contributed by atoms with Crippen molar-refractivity contribution in [3.05, 3.63) is 59.0 Å². The van der Waals surface area contributed by atoms with Crippen molar-refractivity contribution >= 4 is 11.6 Å². The van der Waals surface area contributed by atoms with Gasteiger partial charge in [-0.25, -0.2) is 0 Å². The third-order valence-electron chi connectivity index (χ3n) is 2.48. The molecule has 2 rings (SSSR count). The standard InChI is InChI=1S/C14H13N3O4/c1-3-20-10(2)13-8-11(6-7-15-13)21-12-4-5-14(16-9-12)17(18)19/h4-9H,2-3H2,1H3. The molecule has 0 spiro atoms. The van der Waals surface area contributed by atoms with Crippen LogP contribution in [0.2, 0.25) is 0 Å². The maximum Gasteiger partial charge on any atom is 0.363 e. The first-order valence-corrected chi connectivity index (χ1v) is 6.16. The van der Waals surface area contributed by atoms with Crippen molar-refractivity contribution in [1.82, 2.24) is 9.97 Å². The second-order valence-electron chi connectivity index (χ2n) is 3.94. The van der Waals surface area contributed by atoms with Crippen LogP contribution in [0, 0.1) is 10.1 Å². The lowest BCUT2D eigenvalue weighted by Crippen LogP contribution is -1.95. The highest BCUT2D eigenvalue weighted by Crippen LogP contribution is 2.24. The number of hydrogen-bond donors (Lipinski definition) is 0. The smallest absolute Gasteiger partial charge is 0.363 e. The molecule has 7 nitrogen and oxygen atoms in total. The lowest BCUT2D eigenvalue weighted by molar-refractivity contribution is -0.389. The molecule has 0 atom stereocenters. The number of nitro groups is 1. The van der Waals surface area contributed by atoms with E-state index in [1.54, 1.807) is 18.3 Å². The molecule has 2 aromatic heterocycles. The summed E-state index contributed by atoms with van der Waals surface area (Å²) in [6, 6.07) is 6.07. The van der Waals surface area contributed by atoms with Crippen LogP contribution in [0.25, 0.3) is 5.76 Å². The monoisotopic (exact) mass is 287 g/mol. The molecular weight excluding hydrogens is 274 g/mol. The molecule has 7 heteroatoms. The Morgan fingerprint density at radius 1 is 1.33 bits per heavy atom. The van der Waals surface area contributed by atoms with Crippen LogP contribution in [0.15, 0.2) is 43.2 Å². The average molecular weight is 287 g/mol. The molecule has 0 aromatic carbocycles. The van der Waals surface area contributed by atoms with Gasteiger partial charge in [-0.05, 0) is 29.0 Å². The fourth-order valence-corrected chi connectivity index (χ4v) is 1.55. The Morgan fingerprint density at radius 2 is 2.14 bits per heavy atom. The van der Waals surface area contributed by atoms with Crippen LogP contribution < -0.4 is 4.74 Å². The zero-order chi connectivity index (χ0) is 15.2. The van der Waals surface area contributed by atoms with Gasteiger partial charge in [0.2, 0.25) is 0 Å². The zero-order valence-corrected chi connectivity index (χ0v) is 11.4. The summed E-state index contributed by atoms with van der Waals surface area (Å²) in [6.07, 6.45) is 2.85. The quantitative estimate of drug-likeness (QED) is 0.460. The van der Waals surface area contributed by atoms with E-state index in [1.807, 2.05) is 6.92 Å². The topological polar surface area (TPSA) is 87.4 Å². The Bertz CT molecular complexity index is 656. The summed E-state index contributed by atoms with van der Waals surface area (Å²) in [7, 11) is 0. The molecule has 2 heterocycles. The molecule has 0 radical (unpaired) electrons. The molecule has 2 aromatic rings. The van der Waals surface area contributed by atoms with Crippen LogP contribution in [0.1, 0.15) is 12.6 Å². The summed E-state index contributed by atoms with van der Waals surface area (Å²) >= 11 is 0. The van der Waals surface area contributed by atoms with E-state index in [0.29, 0.717) is 29.6 Å². The highest BCUT2D eigenvalue weighted by atomic mass is 16.6. The molecule has 0 aliphatic carbocycles. The average Bonchev–Trinajstić information content (AvgIpc) is 2.48. The summed E-state index contributed by atoms with van der Waals surface area (Å²) in [6.45, 7) is 6.12. The largest absolute Gasteiger partial charge is 0.492 e. The van der Waals surface area contributed by atoms with E-state index >= 15 is 0 Å². The minimum absolute atomic E-state index is 0.234. The molecule has 0 saturated carbocycles. The van der Waals surface area contributed by atoms with Crippen molar-refractivity contribution in [3.8, 4) is 11.5 Å². The van der Waals surface area contributed by atoms with E-state index in [0.717, 1.165) is 0 Å². The van der Waals surface area contributed by atoms with Crippen LogP contribution >= 0.6 is 0 Å². The number of ether oxygens (including phenoxy) is 2. The van der Waals surface area contributed by atoms with E-state index in [-0.39, 0.29) is 5.82 Å². The van der Waals surface area contributed by atoms with Gasteiger partial charge in [-0.15, -0.1) is 0 Å². The third-order valence-corrected chi connectivity index (χ3v) is 2.48. The maximum atomic E-state index is 10.5. The molecule has 0 aliphatic rings. The number of hydrogen-bond acceptors (Lipinski definition) is 6. The highest BCUT2D eigenvalue weighted by Gasteiger charge is 2.09. The highest BCUT2D eigenvalue weighted by molar-refractivity contribution is 5.55. The fraction of sp³-hybridized carbons (Fsp3) is 0.143. The van der Waals surface area contributed by atoms with Gasteiger partial charge in [0.15, 0.2) is 11.9 Å². The van der Waals surface area contributed by atoms with Crippen LogP contribution in [0.5, 0.6) is 11.5 Å². The third kappa shape index (κ3) is 3.75. The number of aromatic nitrogens is 2. The minimum atomic E-state index is -0.569. The Labute approximate surface area is 121 Å². The summed E-state index contributed by atoms with van der Waals surface area (Å²) < 4.78 is 10.8. The van der Waals surface area contributed by atoms with Gasteiger partial charge in [0.25, 0.3) is 0 Å². The molecule has 21 heavy (non-hydrogen) atoms. The van der Waals surface area contributed by atoms with Gasteiger partial charge in [-0.1, -0.05) is 6.58 Å². The zero-order valence-electron chi connectivity index (χ0n) is 11.4. The van der Waals surface area contributed by atoms with Crippen molar-refractivity contribution in [2.24, 2.45) is 0 Å². The van der Waals surface area contributed by atoms with Gasteiger partial charge in [0, 0.05) is 18.3 Å². The molecular formula is C14H13N3O4. The van der Waals surface area contributed by atoms with Crippen molar-refractivity contribution in [3.63, 3.8) is 0 Å².